The largest absolute Gasteiger partial charge is 0.288 e. The highest BCUT2D eigenvalue weighted by Crippen LogP contribution is 2.05. The molecular weight excluding hydrogens is 248 g/mol. The summed E-state index contributed by atoms with van der Waals surface area (Å²) in [6.07, 6.45) is 12.4. The maximum Gasteiger partial charge on any atom is 0.234 e. The zero-order valence-corrected chi connectivity index (χ0v) is 10.7. The van der Waals surface area contributed by atoms with Crippen molar-refractivity contribution in [1.82, 2.24) is 19.5 Å². The second-order valence-corrected chi connectivity index (χ2v) is 4.69. The molecule has 0 amide bonds. The van der Waals surface area contributed by atoms with E-state index in [2.05, 4.69) is 15.0 Å². The number of rotatable bonds is 4. The van der Waals surface area contributed by atoms with E-state index in [-0.39, 0.29) is 5.12 Å². The number of carbonyl (C=O) groups excluding carboxylic acids is 1. The number of hydrogen-bond acceptors (Lipinski definition) is 5. The lowest BCUT2D eigenvalue weighted by Gasteiger charge is -1.99. The van der Waals surface area contributed by atoms with E-state index in [1.807, 2.05) is 12.2 Å². The molecular formula is C12H12N4OS. The maximum atomic E-state index is 10.7. The molecule has 0 radical (unpaired) electrons. The molecule has 2 aromatic rings. The molecule has 0 unspecified atom stereocenters. The van der Waals surface area contributed by atoms with E-state index in [1.165, 1.54) is 11.8 Å². The topological polar surface area (TPSA) is 60.7 Å². The zero-order valence-electron chi connectivity index (χ0n) is 9.85. The standard InChI is InChI=1S/C12H12N4OS/c1-10(17)18-6-2-3-11-7-14-12(15-8-11)16-5-4-13-9-16/h2-5,7-9H,6H2,1H3. The number of carbonyl (C=O) groups is 1. The van der Waals surface area contributed by atoms with Crippen LogP contribution in [0, 0.1) is 0 Å². The Labute approximate surface area is 109 Å². The zero-order chi connectivity index (χ0) is 12.8. The molecule has 2 aromatic heterocycles. The Morgan fingerprint density at radius 1 is 1.44 bits per heavy atom. The summed E-state index contributed by atoms with van der Waals surface area (Å²) >= 11 is 1.27. The predicted octanol–water partition coefficient (Wildman–Crippen LogP) is 1.96. The highest BCUT2D eigenvalue weighted by atomic mass is 32.2. The second kappa shape index (κ2) is 6.11. The fraction of sp³-hybridized carbons (Fsp3) is 0.167. The van der Waals surface area contributed by atoms with Gasteiger partial charge >= 0.3 is 0 Å². The Morgan fingerprint density at radius 3 is 2.83 bits per heavy atom. The molecule has 0 saturated heterocycles. The Balaban J connectivity index is 1.98. The molecule has 0 spiro atoms. The van der Waals surface area contributed by atoms with Gasteiger partial charge in [0.2, 0.25) is 5.95 Å². The molecule has 92 valence electrons. The molecule has 0 saturated carbocycles. The van der Waals surface area contributed by atoms with Crippen LogP contribution in [0.2, 0.25) is 0 Å². The van der Waals surface area contributed by atoms with Crippen LogP contribution in [0.1, 0.15) is 12.5 Å². The molecule has 0 aliphatic carbocycles. The monoisotopic (exact) mass is 260 g/mol. The quantitative estimate of drug-likeness (QED) is 0.841. The molecule has 18 heavy (non-hydrogen) atoms. The summed E-state index contributed by atoms with van der Waals surface area (Å²) < 4.78 is 1.74. The fourth-order valence-corrected chi connectivity index (χ4v) is 1.70. The third-order valence-electron chi connectivity index (χ3n) is 2.09. The van der Waals surface area contributed by atoms with Crippen LogP contribution in [0.4, 0.5) is 0 Å². The van der Waals surface area contributed by atoms with Gasteiger partial charge in [-0.2, -0.15) is 0 Å². The molecule has 6 heteroatoms. The lowest BCUT2D eigenvalue weighted by Crippen LogP contribution is -1.97. The van der Waals surface area contributed by atoms with Crippen molar-refractivity contribution in [2.75, 3.05) is 5.75 Å². The first-order valence-corrected chi connectivity index (χ1v) is 6.34. The Hall–Kier alpha value is -1.95. The molecule has 0 aliphatic rings. The van der Waals surface area contributed by atoms with Crippen molar-refractivity contribution in [3.8, 4) is 5.95 Å². The number of thioether (sulfide) groups is 1. The summed E-state index contributed by atoms with van der Waals surface area (Å²) in [4.78, 5) is 23.1. The Kier molecular flexibility index (Phi) is 4.25. The van der Waals surface area contributed by atoms with E-state index >= 15 is 0 Å². The van der Waals surface area contributed by atoms with E-state index in [4.69, 9.17) is 0 Å². The van der Waals surface area contributed by atoms with Crippen LogP contribution in [-0.2, 0) is 4.79 Å². The summed E-state index contributed by atoms with van der Waals surface area (Å²) in [6, 6.07) is 0. The highest BCUT2D eigenvalue weighted by molar-refractivity contribution is 8.13. The van der Waals surface area contributed by atoms with Crippen molar-refractivity contribution >= 4 is 23.0 Å². The molecule has 2 rings (SSSR count). The van der Waals surface area contributed by atoms with E-state index < -0.39 is 0 Å². The molecule has 0 aliphatic heterocycles. The van der Waals surface area contributed by atoms with Gasteiger partial charge in [-0.1, -0.05) is 23.9 Å². The van der Waals surface area contributed by atoms with Crippen LogP contribution in [-0.4, -0.2) is 30.4 Å². The lowest BCUT2D eigenvalue weighted by molar-refractivity contribution is -0.109. The summed E-state index contributed by atoms with van der Waals surface area (Å²) in [5.41, 5.74) is 0.906. The van der Waals surface area contributed by atoms with Crippen molar-refractivity contribution in [3.63, 3.8) is 0 Å². The third kappa shape index (κ3) is 3.53. The van der Waals surface area contributed by atoms with Gasteiger partial charge in [0, 0.05) is 43.0 Å². The van der Waals surface area contributed by atoms with Crippen LogP contribution in [0.15, 0.2) is 37.2 Å². The average molecular weight is 260 g/mol. The summed E-state index contributed by atoms with van der Waals surface area (Å²) in [7, 11) is 0. The summed E-state index contributed by atoms with van der Waals surface area (Å²) in [5.74, 6) is 1.25. The van der Waals surface area contributed by atoms with Crippen molar-refractivity contribution in [2.45, 2.75) is 6.92 Å². The van der Waals surface area contributed by atoms with E-state index in [9.17, 15) is 4.79 Å². The van der Waals surface area contributed by atoms with Crippen LogP contribution >= 0.6 is 11.8 Å². The van der Waals surface area contributed by atoms with Gasteiger partial charge in [0.25, 0.3) is 0 Å². The molecule has 2 heterocycles. The van der Waals surface area contributed by atoms with Gasteiger partial charge in [-0.3, -0.25) is 9.36 Å². The van der Waals surface area contributed by atoms with Gasteiger partial charge in [-0.25, -0.2) is 15.0 Å². The molecule has 0 N–H and O–H groups in total. The average Bonchev–Trinajstić information content (AvgIpc) is 2.89. The number of hydrogen-bond donors (Lipinski definition) is 0. The van der Waals surface area contributed by atoms with E-state index in [0.29, 0.717) is 11.7 Å². The van der Waals surface area contributed by atoms with Crippen LogP contribution in [0.5, 0.6) is 0 Å². The highest BCUT2D eigenvalue weighted by Gasteiger charge is 1.97. The van der Waals surface area contributed by atoms with Crippen molar-refractivity contribution in [2.24, 2.45) is 0 Å². The number of imidazole rings is 1. The first-order valence-electron chi connectivity index (χ1n) is 5.36. The second-order valence-electron chi connectivity index (χ2n) is 3.49. The van der Waals surface area contributed by atoms with Crippen LogP contribution in [0.25, 0.3) is 12.0 Å². The van der Waals surface area contributed by atoms with Gasteiger partial charge < -0.3 is 0 Å². The first-order chi connectivity index (χ1) is 8.75. The van der Waals surface area contributed by atoms with Gasteiger partial charge in [-0.05, 0) is 0 Å². The Bertz CT molecular complexity index is 534. The van der Waals surface area contributed by atoms with Crippen LogP contribution < -0.4 is 0 Å². The fourth-order valence-electron chi connectivity index (χ4n) is 1.28. The van der Waals surface area contributed by atoms with E-state index in [0.717, 1.165) is 5.56 Å². The number of nitrogens with zero attached hydrogens (tertiary/aromatic N) is 4. The van der Waals surface area contributed by atoms with Crippen LogP contribution in [0.3, 0.4) is 0 Å². The molecule has 0 fully saturated rings. The minimum absolute atomic E-state index is 0.117. The lowest BCUT2D eigenvalue weighted by atomic mass is 10.3. The SMILES string of the molecule is CC(=O)SCC=Cc1cnc(-n2ccnc2)nc1. The normalized spacial score (nSPS) is 10.9. The summed E-state index contributed by atoms with van der Waals surface area (Å²) in [5, 5.41) is 0.117. The Morgan fingerprint density at radius 2 is 2.22 bits per heavy atom. The number of aromatic nitrogens is 4. The van der Waals surface area contributed by atoms with Crippen molar-refractivity contribution < 1.29 is 4.79 Å². The minimum Gasteiger partial charge on any atom is -0.288 e. The molecule has 0 bridgehead atoms. The van der Waals surface area contributed by atoms with Gasteiger partial charge in [-0.15, -0.1) is 0 Å². The van der Waals surface area contributed by atoms with Gasteiger partial charge in [0.05, 0.1) is 0 Å². The maximum absolute atomic E-state index is 10.7. The smallest absolute Gasteiger partial charge is 0.234 e. The molecule has 0 atom stereocenters. The predicted molar refractivity (Wildman–Crippen MR) is 71.3 cm³/mol. The minimum atomic E-state index is 0.117. The first kappa shape index (κ1) is 12.5. The van der Waals surface area contributed by atoms with Crippen molar-refractivity contribution in [1.29, 1.82) is 0 Å². The van der Waals surface area contributed by atoms with Crippen molar-refractivity contribution in [3.05, 3.63) is 42.8 Å². The molecule has 0 aromatic carbocycles. The van der Waals surface area contributed by atoms with Gasteiger partial charge in [0.1, 0.15) is 6.33 Å². The third-order valence-corrected chi connectivity index (χ3v) is 2.85. The summed E-state index contributed by atoms with van der Waals surface area (Å²) in [6.45, 7) is 1.56. The molecule has 5 nitrogen and oxygen atoms in total. The van der Waals surface area contributed by atoms with E-state index in [1.54, 1.807) is 42.6 Å². The van der Waals surface area contributed by atoms with Gasteiger partial charge in [0.15, 0.2) is 5.12 Å².